The van der Waals surface area contributed by atoms with Crippen LogP contribution in [-0.2, 0) is 30.5 Å². The summed E-state index contributed by atoms with van der Waals surface area (Å²) in [6.07, 6.45) is 12.1. The summed E-state index contributed by atoms with van der Waals surface area (Å²) in [6, 6.07) is 17.2. The largest absolute Gasteiger partial charge is 0.391 e. The number of fused-ring (bicyclic) bond motifs is 1. The number of aromatic nitrogens is 5. The van der Waals surface area contributed by atoms with Crippen LogP contribution in [0.4, 0.5) is 10.9 Å². The molecule has 4 aliphatic carbocycles. The zero-order valence-electron chi connectivity index (χ0n) is 53.3. The highest BCUT2D eigenvalue weighted by Gasteiger charge is 2.66. The number of nitrogens with two attached hydrogens (primary N) is 1. The van der Waals surface area contributed by atoms with Crippen molar-refractivity contribution in [3.63, 3.8) is 0 Å². The molecule has 0 spiro atoms. The lowest BCUT2D eigenvalue weighted by atomic mass is 9.66. The van der Waals surface area contributed by atoms with Crippen LogP contribution in [0.2, 0.25) is 0 Å². The summed E-state index contributed by atoms with van der Waals surface area (Å²) in [5, 5.41) is 28.5. The number of primary amides is 1. The first-order chi connectivity index (χ1) is 42.9. The minimum absolute atomic E-state index is 0.00495. The molecule has 1 aliphatic heterocycles. The summed E-state index contributed by atoms with van der Waals surface area (Å²) in [4.78, 5) is 101. The molecule has 8 atom stereocenters. The molecule has 4 saturated carbocycles. The summed E-state index contributed by atoms with van der Waals surface area (Å²) in [5.74, 6) is -0.524. The number of anilines is 2. The summed E-state index contributed by atoms with van der Waals surface area (Å²) < 4.78 is 3.00. The molecule has 6 aromatic rings. The highest BCUT2D eigenvalue weighted by molar-refractivity contribution is 7.22. The number of aliphatic hydroxyl groups is 1. The second kappa shape index (κ2) is 26.9. The number of hydrogen-bond donors (Lipinski definition) is 6. The van der Waals surface area contributed by atoms with Gasteiger partial charge >= 0.3 is 0 Å². The fraction of sp³-hybridized carbons (Fsp3) is 0.478. The Balaban J connectivity index is 0.691. The molecule has 4 bridgehead atoms. The van der Waals surface area contributed by atoms with E-state index >= 15 is 0 Å². The van der Waals surface area contributed by atoms with Crippen LogP contribution < -0.4 is 31.9 Å². The number of aliphatic hydroxyl groups excluding tert-OH is 1. The molecule has 4 unspecified atom stereocenters. The van der Waals surface area contributed by atoms with Gasteiger partial charge in [-0.1, -0.05) is 99.6 Å². The molecule has 5 fully saturated rings. The van der Waals surface area contributed by atoms with E-state index in [1.54, 1.807) is 29.7 Å². The third-order valence-electron chi connectivity index (χ3n) is 19.1. The van der Waals surface area contributed by atoms with E-state index in [0.29, 0.717) is 60.0 Å². The summed E-state index contributed by atoms with van der Waals surface area (Å²) in [6.45, 7) is 20.8. The number of nitrogens with one attached hydrogen (secondary N) is 4. The van der Waals surface area contributed by atoms with Crippen LogP contribution in [0.5, 0.6) is 0 Å². The van der Waals surface area contributed by atoms with Gasteiger partial charge in [0.15, 0.2) is 5.13 Å². The second-order valence-electron chi connectivity index (χ2n) is 26.9. The maximum Gasteiger partial charge on any atom is 0.268 e. The number of benzene rings is 2. The zero-order chi connectivity index (χ0) is 64.4. The minimum atomic E-state index is -0.913. The lowest BCUT2D eigenvalue weighted by molar-refractivity contribution is -0.144. The van der Waals surface area contributed by atoms with Gasteiger partial charge in [-0.25, -0.2) is 15.0 Å². The standard InChI is InChI=1S/C69H86N12O7S2/c1-11-18-50(62(85)78-66-75-53-19-15-16-20-55(53)90-66)52(40(2)3)36-79(10)56-27-26-49(58(76-56)61(70)84)51-34-73-81(43(51)6)38-69-32-44-29-47(69)33-68(31-44,37-69)65(88)71-28-17-13-12-14-21-57(83)77-60(67(7,8)9)64(87)80-35-48(82)30-54(80)63(86)74-41(4)45-22-24-46(25-23-45)59-42(5)72-39-89-59/h11,15-16,18-20,22-27,34,39,41,44,47-48,54,60,82H,1,12-14,17,21,28-33,35-38H2,2-10H3,(H2,70,84)(H,71,88)(H,74,86)(H,77,83)(H,75,78,85)/b50-18+/t41-,44?,47?,48+,54-,60+,68?,69?/m0/s1. The first kappa shape index (κ1) is 65.1. The second-order valence-corrected chi connectivity index (χ2v) is 28.7. The van der Waals surface area contributed by atoms with Crippen molar-refractivity contribution in [3.8, 4) is 21.6 Å². The molecule has 90 heavy (non-hydrogen) atoms. The van der Waals surface area contributed by atoms with Crippen LogP contribution in [0, 0.1) is 41.9 Å². The number of pyridine rings is 1. The number of amides is 6. The maximum atomic E-state index is 14.3. The van der Waals surface area contributed by atoms with Crippen molar-refractivity contribution < 1.29 is 33.9 Å². The van der Waals surface area contributed by atoms with Gasteiger partial charge in [-0.2, -0.15) is 5.10 Å². The van der Waals surface area contributed by atoms with Crippen molar-refractivity contribution in [2.24, 2.45) is 33.8 Å². The van der Waals surface area contributed by atoms with Crippen LogP contribution in [-0.4, -0.2) is 115 Å². The number of carbonyl (C=O) groups is 6. The number of aryl methyl sites for hydroxylation is 1. The van der Waals surface area contributed by atoms with Crippen molar-refractivity contribution in [2.45, 2.75) is 157 Å². The van der Waals surface area contributed by atoms with Gasteiger partial charge in [-0.15, -0.1) is 11.3 Å². The minimum Gasteiger partial charge on any atom is -0.391 e. The van der Waals surface area contributed by atoms with Crippen molar-refractivity contribution >= 4 is 79.3 Å². The van der Waals surface area contributed by atoms with Crippen LogP contribution in [0.25, 0.3) is 31.8 Å². The number of β-amino-alcohol motifs (C(OH)–C–C–N with tert-alkyl or cyclic N) is 1. The normalized spacial score (nSPS) is 21.7. The quantitative estimate of drug-likeness (QED) is 0.0178. The van der Waals surface area contributed by atoms with E-state index in [1.165, 1.54) is 16.2 Å². The van der Waals surface area contributed by atoms with Crippen LogP contribution >= 0.6 is 22.7 Å². The van der Waals surface area contributed by atoms with E-state index in [1.807, 2.05) is 138 Å². The summed E-state index contributed by atoms with van der Waals surface area (Å²) in [5.41, 5.74) is 14.9. The van der Waals surface area contributed by atoms with Crippen molar-refractivity contribution in [1.82, 2.24) is 45.6 Å². The Bertz CT molecular complexity index is 3750. The fourth-order valence-electron chi connectivity index (χ4n) is 14.6. The first-order valence-corrected chi connectivity index (χ1v) is 33.1. The third-order valence-corrected chi connectivity index (χ3v) is 21.0. The average Bonchev–Trinajstić information content (AvgIpc) is 1.54. The van der Waals surface area contributed by atoms with Gasteiger partial charge in [0.1, 0.15) is 23.6 Å². The van der Waals surface area contributed by atoms with Crippen molar-refractivity contribution in [3.05, 3.63) is 130 Å². The molecule has 5 aliphatic rings. The molecule has 1 saturated heterocycles. The lowest BCUT2D eigenvalue weighted by Gasteiger charge is -2.40. The number of thiazole rings is 2. The number of nitrogens with zero attached hydrogens (tertiary/aromatic N) is 7. The van der Waals surface area contributed by atoms with E-state index in [0.717, 1.165) is 106 Å². The van der Waals surface area contributed by atoms with Gasteiger partial charge in [0.2, 0.25) is 23.6 Å². The van der Waals surface area contributed by atoms with Crippen LogP contribution in [0.1, 0.15) is 146 Å². The van der Waals surface area contributed by atoms with Gasteiger partial charge in [-0.05, 0) is 149 Å². The molecule has 5 heterocycles. The zero-order valence-corrected chi connectivity index (χ0v) is 54.9. The molecule has 7 N–H and O–H groups in total. The Hall–Kier alpha value is -7.88. The SMILES string of the molecule is C=C/C=C(/C(=O)Nc1nc2ccccc2s1)C(CN(C)c1ccc(-c2cnn(CC34CC5CC3CC(C(=O)NCCCCCCC(=O)N[C@H](C(=O)N3C[C@H](O)C[C@H]3C(=O)N[C@@H](C)c3ccc(-c6scnc6C)cc3)C(C)(C)C)(C5)C4)c2C)c(C(N)=O)n1)=C(C)C. The van der Waals surface area contributed by atoms with Crippen LogP contribution in [0.3, 0.4) is 0 Å². The number of unbranched alkanes of at least 4 members (excludes halogenated alkanes) is 3. The predicted octanol–water partition coefficient (Wildman–Crippen LogP) is 10.6. The summed E-state index contributed by atoms with van der Waals surface area (Å²) >= 11 is 2.98. The van der Waals surface area contributed by atoms with E-state index < -0.39 is 40.8 Å². The van der Waals surface area contributed by atoms with E-state index in [-0.39, 0.29) is 60.2 Å². The Labute approximate surface area is 535 Å². The summed E-state index contributed by atoms with van der Waals surface area (Å²) in [7, 11) is 1.85. The Kier molecular flexibility index (Phi) is 19.5. The van der Waals surface area contributed by atoms with Gasteiger partial charge < -0.3 is 36.6 Å². The van der Waals surface area contributed by atoms with Crippen LogP contribution in [0.15, 0.2) is 108 Å². The molecule has 4 aromatic heterocycles. The molecule has 19 nitrogen and oxygen atoms in total. The molecule has 6 amide bonds. The highest BCUT2D eigenvalue weighted by atomic mass is 32.1. The smallest absolute Gasteiger partial charge is 0.268 e. The molecular formula is C69H86N12O7S2. The van der Waals surface area contributed by atoms with Crippen molar-refractivity contribution in [1.29, 1.82) is 0 Å². The van der Waals surface area contributed by atoms with Crippen molar-refractivity contribution in [2.75, 3.05) is 36.9 Å². The van der Waals surface area contributed by atoms with E-state index in [9.17, 15) is 33.9 Å². The van der Waals surface area contributed by atoms with Gasteiger partial charge in [0.05, 0.1) is 50.1 Å². The molecular weight excluding hydrogens is 1170 g/mol. The predicted molar refractivity (Wildman–Crippen MR) is 354 cm³/mol. The number of allylic oxidation sites excluding steroid dienone is 3. The topological polar surface area (TPSA) is 260 Å². The lowest BCUT2D eigenvalue weighted by Crippen LogP contribution is -2.57. The molecule has 0 radical (unpaired) electrons. The number of hydrogen-bond acceptors (Lipinski definition) is 14. The number of rotatable bonds is 25. The maximum absolute atomic E-state index is 14.3. The number of likely N-dealkylation sites (tertiary alicyclic amines) is 1. The highest BCUT2D eigenvalue weighted by Crippen LogP contribution is 2.71. The van der Waals surface area contributed by atoms with E-state index in [2.05, 4.69) is 37.8 Å². The number of carbonyl (C=O) groups excluding carboxylic acids is 6. The average molecular weight is 1260 g/mol. The molecule has 2 aromatic carbocycles. The Morgan fingerprint density at radius 2 is 1.69 bits per heavy atom. The number of para-hydroxylation sites is 1. The van der Waals surface area contributed by atoms with E-state index in [4.69, 9.17) is 15.8 Å². The third kappa shape index (κ3) is 13.9. The monoisotopic (exact) mass is 1260 g/mol. The van der Waals surface area contributed by atoms with Gasteiger partial charge in [0.25, 0.3) is 11.8 Å². The number of likely N-dealkylation sites (N-methyl/N-ethyl adjacent to an activating group) is 1. The Morgan fingerprint density at radius 1 is 0.933 bits per heavy atom. The first-order valence-electron chi connectivity index (χ1n) is 31.5. The molecule has 11 rings (SSSR count). The molecule has 21 heteroatoms. The fourth-order valence-corrected chi connectivity index (χ4v) is 16.3. The molecule has 476 valence electrons. The Morgan fingerprint density at radius 3 is 2.39 bits per heavy atom. The van der Waals surface area contributed by atoms with Gasteiger partial charge in [-0.3, -0.25) is 38.8 Å². The van der Waals surface area contributed by atoms with Gasteiger partial charge in [0, 0.05) is 68.5 Å².